The maximum absolute atomic E-state index is 12.9. The van der Waals surface area contributed by atoms with Crippen molar-refractivity contribution in [2.75, 3.05) is 13.2 Å². The lowest BCUT2D eigenvalue weighted by Crippen LogP contribution is -2.46. The van der Waals surface area contributed by atoms with Gasteiger partial charge in [0.2, 0.25) is 0 Å². The average Bonchev–Trinajstić information content (AvgIpc) is 2.87. The fourth-order valence-electron chi connectivity index (χ4n) is 3.29. The molecule has 2 aliphatic rings. The molecule has 2 nitrogen and oxygen atoms in total. The molecule has 0 aromatic carbocycles. The van der Waals surface area contributed by atoms with Crippen molar-refractivity contribution in [1.82, 2.24) is 5.32 Å². The fourth-order valence-corrected chi connectivity index (χ4v) is 3.29. The fraction of sp³-hybridized carbons (Fsp3) is 1.00. The Kier molecular flexibility index (Phi) is 5.51. The molecule has 2 aliphatic carbocycles. The van der Waals surface area contributed by atoms with Crippen LogP contribution in [0.15, 0.2) is 0 Å². The van der Waals surface area contributed by atoms with Gasteiger partial charge in [-0.05, 0) is 25.7 Å². The lowest BCUT2D eigenvalue weighted by molar-refractivity contribution is -0.189. The highest BCUT2D eigenvalue weighted by molar-refractivity contribution is 4.85. The highest BCUT2D eigenvalue weighted by Crippen LogP contribution is 2.37. The van der Waals surface area contributed by atoms with Gasteiger partial charge in [0.1, 0.15) is 0 Å². The van der Waals surface area contributed by atoms with E-state index >= 15 is 0 Å². The van der Waals surface area contributed by atoms with Crippen molar-refractivity contribution >= 4 is 0 Å². The molecule has 2 fully saturated rings. The number of hydrogen-bond donors (Lipinski definition) is 1. The zero-order chi connectivity index (χ0) is 13.7. The molecule has 0 aliphatic heterocycles. The van der Waals surface area contributed by atoms with Crippen molar-refractivity contribution in [3.05, 3.63) is 0 Å². The van der Waals surface area contributed by atoms with E-state index < -0.39 is 18.1 Å². The molecule has 112 valence electrons. The Morgan fingerprint density at radius 3 is 2.26 bits per heavy atom. The van der Waals surface area contributed by atoms with Crippen molar-refractivity contribution in [3.63, 3.8) is 0 Å². The minimum atomic E-state index is -4.07. The molecule has 0 aromatic heterocycles. The van der Waals surface area contributed by atoms with Crippen LogP contribution >= 0.6 is 0 Å². The van der Waals surface area contributed by atoms with Crippen LogP contribution in [0, 0.1) is 5.92 Å². The Labute approximate surface area is 113 Å². The first kappa shape index (κ1) is 15.1. The van der Waals surface area contributed by atoms with E-state index in [9.17, 15) is 13.2 Å². The molecule has 2 saturated carbocycles. The van der Waals surface area contributed by atoms with Crippen molar-refractivity contribution in [3.8, 4) is 0 Å². The molecule has 0 spiro atoms. The van der Waals surface area contributed by atoms with Crippen LogP contribution in [0.5, 0.6) is 0 Å². The predicted octanol–water partition coefficient (Wildman–Crippen LogP) is 3.66. The summed E-state index contributed by atoms with van der Waals surface area (Å²) in [6.07, 6.45) is 3.42. The van der Waals surface area contributed by atoms with Crippen LogP contribution in [0.2, 0.25) is 0 Å². The molecule has 5 heteroatoms. The molecule has 0 bridgehead atoms. The monoisotopic (exact) mass is 279 g/mol. The SMILES string of the molecule is FC(F)(F)C1CCCCC1NCCOC1CCCC1. The predicted molar refractivity (Wildman–Crippen MR) is 68.0 cm³/mol. The Hall–Kier alpha value is -0.290. The molecule has 1 N–H and O–H groups in total. The summed E-state index contributed by atoms with van der Waals surface area (Å²) in [7, 11) is 0. The molecule has 0 amide bonds. The summed E-state index contributed by atoms with van der Waals surface area (Å²) < 4.78 is 44.3. The summed E-state index contributed by atoms with van der Waals surface area (Å²) in [6, 6.07) is -0.416. The van der Waals surface area contributed by atoms with E-state index in [2.05, 4.69) is 5.32 Å². The molecule has 2 unspecified atom stereocenters. The second kappa shape index (κ2) is 6.93. The van der Waals surface area contributed by atoms with E-state index in [-0.39, 0.29) is 6.42 Å². The average molecular weight is 279 g/mol. The molecular weight excluding hydrogens is 255 g/mol. The molecule has 0 heterocycles. The largest absolute Gasteiger partial charge is 0.393 e. The smallest absolute Gasteiger partial charge is 0.377 e. The van der Waals surface area contributed by atoms with E-state index in [0.29, 0.717) is 32.1 Å². The number of rotatable bonds is 5. The lowest BCUT2D eigenvalue weighted by Gasteiger charge is -2.33. The van der Waals surface area contributed by atoms with Gasteiger partial charge in [-0.1, -0.05) is 25.7 Å². The van der Waals surface area contributed by atoms with Crippen molar-refractivity contribution in [2.45, 2.75) is 69.7 Å². The van der Waals surface area contributed by atoms with Gasteiger partial charge in [0.25, 0.3) is 0 Å². The number of ether oxygens (including phenoxy) is 1. The van der Waals surface area contributed by atoms with Crippen molar-refractivity contribution in [1.29, 1.82) is 0 Å². The van der Waals surface area contributed by atoms with Gasteiger partial charge < -0.3 is 10.1 Å². The van der Waals surface area contributed by atoms with E-state index in [1.54, 1.807) is 0 Å². The van der Waals surface area contributed by atoms with Gasteiger partial charge in [-0.3, -0.25) is 0 Å². The third kappa shape index (κ3) is 4.63. The molecule has 0 aromatic rings. The van der Waals surface area contributed by atoms with Crippen LogP contribution in [0.1, 0.15) is 51.4 Å². The minimum absolute atomic E-state index is 0.269. The molecule has 0 saturated heterocycles. The standard InChI is InChI=1S/C14H24F3NO/c15-14(16,17)12-7-3-4-8-13(12)18-9-10-19-11-5-1-2-6-11/h11-13,18H,1-10H2. The number of alkyl halides is 3. The van der Waals surface area contributed by atoms with Crippen LogP contribution in [-0.4, -0.2) is 31.5 Å². The Bertz CT molecular complexity index is 264. The van der Waals surface area contributed by atoms with Gasteiger partial charge in [0.05, 0.1) is 18.6 Å². The summed E-state index contributed by atoms with van der Waals surface area (Å²) >= 11 is 0. The Morgan fingerprint density at radius 2 is 1.58 bits per heavy atom. The quantitative estimate of drug-likeness (QED) is 0.776. The van der Waals surface area contributed by atoms with Crippen LogP contribution in [0.25, 0.3) is 0 Å². The summed E-state index contributed by atoms with van der Waals surface area (Å²) in [5.41, 5.74) is 0. The topological polar surface area (TPSA) is 21.3 Å². The van der Waals surface area contributed by atoms with Gasteiger partial charge in [0, 0.05) is 12.6 Å². The molecule has 0 radical (unpaired) electrons. The zero-order valence-corrected chi connectivity index (χ0v) is 11.3. The summed E-state index contributed by atoms with van der Waals surface area (Å²) in [5.74, 6) is -1.17. The Morgan fingerprint density at radius 1 is 0.947 bits per heavy atom. The molecule has 2 rings (SSSR count). The van der Waals surface area contributed by atoms with Gasteiger partial charge in [0.15, 0.2) is 0 Å². The van der Waals surface area contributed by atoms with Gasteiger partial charge in [-0.15, -0.1) is 0 Å². The maximum atomic E-state index is 12.9. The number of nitrogens with one attached hydrogen (secondary N) is 1. The van der Waals surface area contributed by atoms with E-state index in [0.717, 1.165) is 19.3 Å². The highest BCUT2D eigenvalue weighted by atomic mass is 19.4. The number of halogens is 3. The highest BCUT2D eigenvalue weighted by Gasteiger charge is 2.45. The van der Waals surface area contributed by atoms with Crippen molar-refractivity contribution in [2.24, 2.45) is 5.92 Å². The van der Waals surface area contributed by atoms with Gasteiger partial charge in [-0.2, -0.15) is 13.2 Å². The molecular formula is C14H24F3NO. The van der Waals surface area contributed by atoms with Gasteiger partial charge in [-0.25, -0.2) is 0 Å². The molecule has 19 heavy (non-hydrogen) atoms. The third-order valence-corrected chi connectivity index (χ3v) is 4.35. The minimum Gasteiger partial charge on any atom is -0.377 e. The first-order chi connectivity index (χ1) is 9.07. The summed E-state index contributed by atoms with van der Waals surface area (Å²) in [6.45, 7) is 1.07. The van der Waals surface area contributed by atoms with Crippen LogP contribution in [0.4, 0.5) is 13.2 Å². The normalized spacial score (nSPS) is 29.8. The second-order valence-electron chi connectivity index (χ2n) is 5.77. The van der Waals surface area contributed by atoms with Gasteiger partial charge >= 0.3 is 6.18 Å². The van der Waals surface area contributed by atoms with Crippen LogP contribution in [-0.2, 0) is 4.74 Å². The molecule has 2 atom stereocenters. The lowest BCUT2D eigenvalue weighted by atomic mass is 9.84. The van der Waals surface area contributed by atoms with Crippen molar-refractivity contribution < 1.29 is 17.9 Å². The summed E-state index contributed by atoms with van der Waals surface area (Å²) in [4.78, 5) is 0. The number of hydrogen-bond acceptors (Lipinski definition) is 2. The maximum Gasteiger partial charge on any atom is 0.393 e. The first-order valence-corrected chi connectivity index (χ1v) is 7.49. The van der Waals surface area contributed by atoms with E-state index in [1.165, 1.54) is 12.8 Å². The second-order valence-corrected chi connectivity index (χ2v) is 5.77. The van der Waals surface area contributed by atoms with Crippen LogP contribution in [0.3, 0.4) is 0 Å². The van der Waals surface area contributed by atoms with Crippen LogP contribution < -0.4 is 5.32 Å². The third-order valence-electron chi connectivity index (χ3n) is 4.35. The zero-order valence-electron chi connectivity index (χ0n) is 11.3. The Balaban J connectivity index is 1.67. The summed E-state index contributed by atoms with van der Waals surface area (Å²) in [5, 5.41) is 3.06. The van der Waals surface area contributed by atoms with E-state index in [4.69, 9.17) is 4.74 Å². The van der Waals surface area contributed by atoms with E-state index in [1.807, 2.05) is 0 Å². The first-order valence-electron chi connectivity index (χ1n) is 7.49.